The first-order valence-corrected chi connectivity index (χ1v) is 8.84. The molecule has 0 aromatic heterocycles. The van der Waals surface area contributed by atoms with Crippen LogP contribution in [-0.4, -0.2) is 12.6 Å². The first-order valence-electron chi connectivity index (χ1n) is 8.84. The summed E-state index contributed by atoms with van der Waals surface area (Å²) in [5.41, 5.74) is 0. The molecule has 2 heteroatoms. The molecule has 0 saturated heterocycles. The molecule has 0 fully saturated rings. The van der Waals surface area contributed by atoms with Gasteiger partial charge in [0.25, 0.3) is 0 Å². The first-order chi connectivity index (χ1) is 10.1. The molecule has 0 aliphatic rings. The highest BCUT2D eigenvalue weighted by Crippen LogP contribution is 2.14. The van der Waals surface area contributed by atoms with E-state index >= 15 is 0 Å². The van der Waals surface area contributed by atoms with Crippen LogP contribution in [0.5, 0.6) is 0 Å². The molecule has 0 N–H and O–H groups in total. The van der Waals surface area contributed by atoms with Crippen molar-refractivity contribution in [2.75, 3.05) is 6.61 Å². The highest BCUT2D eigenvalue weighted by atomic mass is 16.5. The van der Waals surface area contributed by atoms with Crippen molar-refractivity contribution in [1.29, 1.82) is 0 Å². The van der Waals surface area contributed by atoms with Crippen molar-refractivity contribution in [2.24, 2.45) is 11.8 Å². The van der Waals surface area contributed by atoms with E-state index in [0.717, 1.165) is 18.8 Å². The Morgan fingerprint density at radius 1 is 0.952 bits per heavy atom. The lowest BCUT2D eigenvalue weighted by atomic mass is 10.00. The average molecular weight is 296 g/mol. The van der Waals surface area contributed by atoms with Gasteiger partial charge in [0, 0.05) is 6.92 Å². The van der Waals surface area contributed by atoms with E-state index in [0.29, 0.717) is 12.5 Å². The normalized spacial score (nSPS) is 14.3. The van der Waals surface area contributed by atoms with Crippen LogP contribution >= 0.6 is 0 Å². The third-order valence-electron chi connectivity index (χ3n) is 4.17. The van der Waals surface area contributed by atoms with Crippen LogP contribution in [0.4, 0.5) is 0 Å². The number of esters is 1. The zero-order valence-electron chi connectivity index (χ0n) is 14.7. The van der Waals surface area contributed by atoms with E-state index in [9.17, 15) is 4.79 Å². The Morgan fingerprint density at radius 3 is 2.33 bits per heavy atom. The number of carbonyl (C=O) groups is 1. The molecule has 0 saturated carbocycles. The van der Waals surface area contributed by atoms with Gasteiger partial charge in [0.15, 0.2) is 0 Å². The lowest BCUT2D eigenvalue weighted by Gasteiger charge is -2.09. The van der Waals surface area contributed by atoms with Crippen molar-refractivity contribution in [3.63, 3.8) is 0 Å². The molecule has 0 unspecified atom stereocenters. The Morgan fingerprint density at radius 2 is 1.67 bits per heavy atom. The molecule has 0 heterocycles. The topological polar surface area (TPSA) is 26.3 Å². The molecular formula is C19H36O2. The summed E-state index contributed by atoms with van der Waals surface area (Å²) in [6, 6.07) is 0. The van der Waals surface area contributed by atoms with Gasteiger partial charge >= 0.3 is 5.97 Å². The second-order valence-electron chi connectivity index (χ2n) is 6.43. The number of allylic oxidation sites excluding steroid dienone is 2. The number of unbranched alkanes of at least 4 members (excludes halogenated alkanes) is 3. The van der Waals surface area contributed by atoms with E-state index < -0.39 is 0 Å². The summed E-state index contributed by atoms with van der Waals surface area (Å²) >= 11 is 0. The van der Waals surface area contributed by atoms with E-state index in [4.69, 9.17) is 4.74 Å². The lowest BCUT2D eigenvalue weighted by Crippen LogP contribution is -2.05. The Bertz CT molecular complexity index is 271. The van der Waals surface area contributed by atoms with Crippen LogP contribution in [0.15, 0.2) is 12.2 Å². The highest BCUT2D eigenvalue weighted by molar-refractivity contribution is 5.65. The summed E-state index contributed by atoms with van der Waals surface area (Å²) in [4.78, 5) is 10.7. The van der Waals surface area contributed by atoms with Gasteiger partial charge in [0.05, 0.1) is 6.61 Å². The molecule has 0 rings (SSSR count). The maximum absolute atomic E-state index is 10.7. The van der Waals surface area contributed by atoms with Crippen molar-refractivity contribution in [2.45, 2.75) is 85.5 Å². The molecule has 0 amide bonds. The Hall–Kier alpha value is -0.790. The summed E-state index contributed by atoms with van der Waals surface area (Å²) in [7, 11) is 0. The molecular weight excluding hydrogens is 260 g/mol. The van der Waals surface area contributed by atoms with Crippen LogP contribution in [0, 0.1) is 11.8 Å². The number of hydrogen-bond acceptors (Lipinski definition) is 2. The SMILES string of the molecule is CC[C@@H](C)CCCCC/C=C/CC[C@@H](C)CCOC(C)=O. The van der Waals surface area contributed by atoms with E-state index in [2.05, 4.69) is 32.9 Å². The number of carbonyl (C=O) groups excluding carboxylic acids is 1. The zero-order valence-corrected chi connectivity index (χ0v) is 14.7. The second-order valence-corrected chi connectivity index (χ2v) is 6.43. The Labute approximate surface area is 132 Å². The molecule has 0 spiro atoms. The quantitative estimate of drug-likeness (QED) is 0.240. The Balaban J connectivity index is 3.33. The summed E-state index contributed by atoms with van der Waals surface area (Å²) in [5.74, 6) is 1.36. The van der Waals surface area contributed by atoms with Crippen LogP contribution in [-0.2, 0) is 9.53 Å². The molecule has 0 bridgehead atoms. The first kappa shape index (κ1) is 20.2. The minimum Gasteiger partial charge on any atom is -0.466 e. The van der Waals surface area contributed by atoms with Crippen molar-refractivity contribution in [3.8, 4) is 0 Å². The molecule has 0 radical (unpaired) electrons. The van der Waals surface area contributed by atoms with Gasteiger partial charge in [-0.25, -0.2) is 0 Å². The third-order valence-corrected chi connectivity index (χ3v) is 4.17. The fourth-order valence-electron chi connectivity index (χ4n) is 2.30. The van der Waals surface area contributed by atoms with Crippen LogP contribution in [0.25, 0.3) is 0 Å². The lowest BCUT2D eigenvalue weighted by molar-refractivity contribution is -0.141. The monoisotopic (exact) mass is 296 g/mol. The Kier molecular flexibility index (Phi) is 13.6. The van der Waals surface area contributed by atoms with E-state index in [-0.39, 0.29) is 5.97 Å². The maximum Gasteiger partial charge on any atom is 0.302 e. The van der Waals surface area contributed by atoms with Gasteiger partial charge in [0.2, 0.25) is 0 Å². The molecule has 0 aliphatic heterocycles. The molecule has 124 valence electrons. The number of hydrogen-bond donors (Lipinski definition) is 0. The van der Waals surface area contributed by atoms with E-state index in [1.54, 1.807) is 0 Å². The van der Waals surface area contributed by atoms with Gasteiger partial charge < -0.3 is 4.74 Å². The van der Waals surface area contributed by atoms with Gasteiger partial charge in [-0.15, -0.1) is 0 Å². The van der Waals surface area contributed by atoms with Crippen LogP contribution < -0.4 is 0 Å². The molecule has 2 nitrogen and oxygen atoms in total. The predicted octanol–water partition coefficient (Wildman–Crippen LogP) is 5.91. The summed E-state index contributed by atoms with van der Waals surface area (Å²) in [5, 5.41) is 0. The summed E-state index contributed by atoms with van der Waals surface area (Å²) in [6.45, 7) is 8.89. The summed E-state index contributed by atoms with van der Waals surface area (Å²) < 4.78 is 4.96. The summed E-state index contributed by atoms with van der Waals surface area (Å²) in [6.07, 6.45) is 16.0. The van der Waals surface area contributed by atoms with Crippen LogP contribution in [0.1, 0.15) is 85.5 Å². The number of ether oxygens (including phenoxy) is 1. The molecule has 0 aromatic carbocycles. The van der Waals surface area contributed by atoms with E-state index in [1.807, 2.05) is 0 Å². The smallest absolute Gasteiger partial charge is 0.302 e. The number of rotatable bonds is 13. The molecule has 0 aliphatic carbocycles. The van der Waals surface area contributed by atoms with Crippen LogP contribution in [0.2, 0.25) is 0 Å². The predicted molar refractivity (Wildman–Crippen MR) is 91.3 cm³/mol. The van der Waals surface area contributed by atoms with Crippen molar-refractivity contribution in [1.82, 2.24) is 0 Å². The van der Waals surface area contributed by atoms with Crippen molar-refractivity contribution in [3.05, 3.63) is 12.2 Å². The zero-order chi connectivity index (χ0) is 15.9. The fraction of sp³-hybridized carbons (Fsp3) is 0.842. The van der Waals surface area contributed by atoms with Gasteiger partial charge in [-0.05, 0) is 43.9 Å². The van der Waals surface area contributed by atoms with Gasteiger partial charge in [-0.3, -0.25) is 4.79 Å². The standard InChI is InChI=1S/C19H36O2/c1-5-17(2)13-11-9-7-6-8-10-12-14-18(3)15-16-21-19(4)20/h8,10,17-18H,5-7,9,11-16H2,1-4H3/b10-8+/t17-,18-/m1/s1. The van der Waals surface area contributed by atoms with Gasteiger partial charge in [0.1, 0.15) is 0 Å². The largest absolute Gasteiger partial charge is 0.466 e. The van der Waals surface area contributed by atoms with Crippen LogP contribution in [0.3, 0.4) is 0 Å². The molecule has 2 atom stereocenters. The van der Waals surface area contributed by atoms with Crippen molar-refractivity contribution >= 4 is 5.97 Å². The highest BCUT2D eigenvalue weighted by Gasteiger charge is 2.02. The third kappa shape index (κ3) is 15.4. The molecule has 21 heavy (non-hydrogen) atoms. The van der Waals surface area contributed by atoms with Crippen molar-refractivity contribution < 1.29 is 9.53 Å². The van der Waals surface area contributed by atoms with Gasteiger partial charge in [-0.1, -0.05) is 58.6 Å². The fourth-order valence-corrected chi connectivity index (χ4v) is 2.30. The second kappa shape index (κ2) is 14.2. The minimum absolute atomic E-state index is 0.171. The molecule has 0 aromatic rings. The maximum atomic E-state index is 10.7. The average Bonchev–Trinajstić information content (AvgIpc) is 2.44. The van der Waals surface area contributed by atoms with Gasteiger partial charge in [-0.2, -0.15) is 0 Å². The minimum atomic E-state index is -0.171. The van der Waals surface area contributed by atoms with E-state index in [1.165, 1.54) is 51.9 Å².